The molecule has 0 saturated carbocycles. The Morgan fingerprint density at radius 1 is 1.19 bits per heavy atom. The van der Waals surface area contributed by atoms with E-state index in [0.29, 0.717) is 22.1 Å². The Hall–Kier alpha value is -3.13. The second-order valence-corrected chi connectivity index (χ2v) is 11.9. The van der Waals surface area contributed by atoms with Crippen molar-refractivity contribution >= 4 is 43.8 Å². The number of carbonyl (C=O) groups is 1. The predicted octanol–water partition coefficient (Wildman–Crippen LogP) is 4.14. The Morgan fingerprint density at radius 2 is 1.86 bits per heavy atom. The first-order valence-corrected chi connectivity index (χ1v) is 13.9. The van der Waals surface area contributed by atoms with E-state index in [1.54, 1.807) is 42.5 Å². The molecule has 1 aliphatic heterocycles. The average Bonchev–Trinajstić information content (AvgIpc) is 3.37. The lowest BCUT2D eigenvalue weighted by atomic mass is 10.1. The van der Waals surface area contributed by atoms with E-state index < -0.39 is 21.4 Å². The fourth-order valence-corrected chi connectivity index (χ4v) is 5.93. The number of imidazole rings is 1. The summed E-state index contributed by atoms with van der Waals surface area (Å²) in [6, 6.07) is 7.02. The van der Waals surface area contributed by atoms with Crippen LogP contribution in [0.2, 0.25) is 0 Å². The van der Waals surface area contributed by atoms with Gasteiger partial charge in [0.1, 0.15) is 11.5 Å². The number of amidine groups is 1. The molecule has 37 heavy (non-hydrogen) atoms. The van der Waals surface area contributed by atoms with Crippen molar-refractivity contribution in [2.45, 2.75) is 46.2 Å². The van der Waals surface area contributed by atoms with Crippen LogP contribution in [0.1, 0.15) is 47.4 Å². The molecule has 14 heteroatoms. The van der Waals surface area contributed by atoms with E-state index in [1.165, 1.54) is 16.3 Å². The molecule has 4 rings (SSSR count). The number of amides is 1. The summed E-state index contributed by atoms with van der Waals surface area (Å²) in [6.07, 6.45) is 2.52. The van der Waals surface area contributed by atoms with E-state index >= 15 is 0 Å². The molecule has 0 aliphatic carbocycles. The average molecular weight is 557 g/mol. The van der Waals surface area contributed by atoms with Gasteiger partial charge in [0.25, 0.3) is 5.91 Å². The number of hydrazone groups is 1. The quantitative estimate of drug-likeness (QED) is 0.472. The molecule has 0 unspecified atom stereocenters. The van der Waals surface area contributed by atoms with Crippen LogP contribution in [0.3, 0.4) is 0 Å². The monoisotopic (exact) mass is 556 g/mol. The van der Waals surface area contributed by atoms with Crippen molar-refractivity contribution in [3.63, 3.8) is 0 Å². The van der Waals surface area contributed by atoms with E-state index in [1.807, 2.05) is 20.0 Å². The van der Waals surface area contributed by atoms with E-state index in [4.69, 9.17) is 0 Å². The molecule has 0 fully saturated rings. The Morgan fingerprint density at radius 3 is 2.46 bits per heavy atom. The Labute approximate surface area is 216 Å². The zero-order valence-electron chi connectivity index (χ0n) is 20.7. The van der Waals surface area contributed by atoms with Gasteiger partial charge in [-0.3, -0.25) is 14.2 Å². The SMILES string of the molecule is CCc1nc2sc(C)cn2c1C(=O)NCc1ccc(N2CCN(S(=O)(=O)C(F)(F)F)C(C(C)C)=N2)cc1. The minimum absolute atomic E-state index is 0.0430. The molecular weight excluding hydrogens is 529 g/mol. The van der Waals surface area contributed by atoms with Crippen molar-refractivity contribution < 1.29 is 26.4 Å². The molecule has 1 aliphatic rings. The molecular formula is C23H27F3N6O3S2. The van der Waals surface area contributed by atoms with Crippen molar-refractivity contribution in [2.75, 3.05) is 18.1 Å². The van der Waals surface area contributed by atoms with Crippen molar-refractivity contribution in [3.05, 3.63) is 52.3 Å². The van der Waals surface area contributed by atoms with Crippen LogP contribution < -0.4 is 10.3 Å². The standard InChI is InChI=1S/C23H27F3N6O3S2/c1-5-18-19(30-13-15(4)36-22(30)28-18)21(33)27-12-16-6-8-17(9-7-16)31-10-11-32(20(29-31)14(2)3)37(34,35)23(24,25)26/h6-9,13-14H,5,10-12H2,1-4H3,(H,27,33). The molecule has 1 amide bonds. The van der Waals surface area contributed by atoms with Gasteiger partial charge in [-0.15, -0.1) is 11.3 Å². The van der Waals surface area contributed by atoms with Crippen LogP contribution in [0, 0.1) is 12.8 Å². The maximum Gasteiger partial charge on any atom is 0.516 e. The number of aryl methyl sites for hydroxylation is 2. The highest BCUT2D eigenvalue weighted by Gasteiger charge is 2.52. The molecule has 0 bridgehead atoms. The summed E-state index contributed by atoms with van der Waals surface area (Å²) in [6.45, 7) is 6.91. The van der Waals surface area contributed by atoms with Gasteiger partial charge in [-0.05, 0) is 31.0 Å². The number of alkyl halides is 3. The maximum absolute atomic E-state index is 13.1. The number of benzene rings is 1. The molecule has 0 saturated heterocycles. The van der Waals surface area contributed by atoms with E-state index in [2.05, 4.69) is 15.4 Å². The van der Waals surface area contributed by atoms with E-state index in [-0.39, 0.29) is 31.4 Å². The van der Waals surface area contributed by atoms with Crippen LogP contribution in [0.15, 0.2) is 35.6 Å². The molecule has 1 N–H and O–H groups in total. The number of carbonyl (C=O) groups excluding carboxylic acids is 1. The van der Waals surface area contributed by atoms with Gasteiger partial charge in [-0.25, -0.2) is 9.29 Å². The van der Waals surface area contributed by atoms with Crippen molar-refractivity contribution in [1.29, 1.82) is 0 Å². The van der Waals surface area contributed by atoms with Gasteiger partial charge in [-0.2, -0.15) is 26.7 Å². The minimum Gasteiger partial charge on any atom is -0.347 e. The molecule has 0 atom stereocenters. The van der Waals surface area contributed by atoms with Gasteiger partial charge >= 0.3 is 15.5 Å². The normalized spacial score (nSPS) is 15.0. The number of sulfonamides is 1. The topological polar surface area (TPSA) is 99.4 Å². The number of nitrogens with zero attached hydrogens (tertiary/aromatic N) is 5. The lowest BCUT2D eigenvalue weighted by molar-refractivity contribution is -0.0473. The van der Waals surface area contributed by atoms with Crippen LogP contribution in [-0.2, 0) is 23.0 Å². The second kappa shape index (κ2) is 9.97. The van der Waals surface area contributed by atoms with Crippen molar-refractivity contribution in [3.8, 4) is 0 Å². The number of rotatable bonds is 7. The number of fused-ring (bicyclic) bond motifs is 1. The largest absolute Gasteiger partial charge is 0.516 e. The molecule has 9 nitrogen and oxygen atoms in total. The van der Waals surface area contributed by atoms with Crippen molar-refractivity contribution in [2.24, 2.45) is 11.0 Å². The van der Waals surface area contributed by atoms with Gasteiger partial charge in [0.05, 0.1) is 24.5 Å². The number of anilines is 1. The lowest BCUT2D eigenvalue weighted by Gasteiger charge is -2.35. The fraction of sp³-hybridized carbons (Fsp3) is 0.435. The molecule has 0 radical (unpaired) electrons. The summed E-state index contributed by atoms with van der Waals surface area (Å²) in [5, 5.41) is 8.62. The fourth-order valence-electron chi connectivity index (χ4n) is 4.02. The molecule has 3 heterocycles. The number of halogens is 3. The summed E-state index contributed by atoms with van der Waals surface area (Å²) in [4.78, 5) is 19.3. The van der Waals surface area contributed by atoms with Gasteiger partial charge in [0.15, 0.2) is 4.96 Å². The van der Waals surface area contributed by atoms with Crippen LogP contribution in [0.4, 0.5) is 18.9 Å². The maximum atomic E-state index is 13.1. The predicted molar refractivity (Wildman–Crippen MR) is 136 cm³/mol. The summed E-state index contributed by atoms with van der Waals surface area (Å²) in [7, 11) is -5.53. The van der Waals surface area contributed by atoms with Gasteiger partial charge in [0.2, 0.25) is 0 Å². The van der Waals surface area contributed by atoms with Crippen LogP contribution in [0.25, 0.3) is 4.96 Å². The van der Waals surface area contributed by atoms with Crippen molar-refractivity contribution in [1.82, 2.24) is 19.0 Å². The number of aromatic nitrogens is 2. The number of nitrogens with one attached hydrogen (secondary N) is 1. The first kappa shape index (κ1) is 26.9. The Bertz CT molecular complexity index is 1440. The van der Waals surface area contributed by atoms with Gasteiger partial charge in [-0.1, -0.05) is 32.9 Å². The van der Waals surface area contributed by atoms with E-state index in [9.17, 15) is 26.4 Å². The molecule has 2 aromatic heterocycles. The summed E-state index contributed by atoms with van der Waals surface area (Å²) in [5.41, 5.74) is -2.76. The van der Waals surface area contributed by atoms with Crippen LogP contribution in [-0.4, -0.2) is 52.4 Å². The highest BCUT2D eigenvalue weighted by atomic mass is 32.2. The molecule has 0 spiro atoms. The van der Waals surface area contributed by atoms with E-state index in [0.717, 1.165) is 21.1 Å². The third-order valence-electron chi connectivity index (χ3n) is 5.84. The zero-order chi connectivity index (χ0) is 27.1. The van der Waals surface area contributed by atoms with Gasteiger partial charge in [0, 0.05) is 23.5 Å². The second-order valence-electron chi connectivity index (χ2n) is 8.86. The third-order valence-corrected chi connectivity index (χ3v) is 8.28. The molecule has 3 aromatic rings. The molecule has 1 aromatic carbocycles. The number of hydrogen-bond acceptors (Lipinski definition) is 7. The lowest BCUT2D eigenvalue weighted by Crippen LogP contribution is -2.52. The Kier molecular flexibility index (Phi) is 7.25. The first-order valence-electron chi connectivity index (χ1n) is 11.6. The van der Waals surface area contributed by atoms with Crippen LogP contribution >= 0.6 is 11.3 Å². The summed E-state index contributed by atoms with van der Waals surface area (Å²) < 4.78 is 65.5. The zero-order valence-corrected chi connectivity index (χ0v) is 22.3. The number of thiazole rings is 1. The van der Waals surface area contributed by atoms with Crippen LogP contribution in [0.5, 0.6) is 0 Å². The van der Waals surface area contributed by atoms with Gasteiger partial charge < -0.3 is 5.32 Å². The first-order chi connectivity index (χ1) is 17.3. The summed E-state index contributed by atoms with van der Waals surface area (Å²) >= 11 is 1.52. The summed E-state index contributed by atoms with van der Waals surface area (Å²) in [5.74, 6) is -0.966. The smallest absolute Gasteiger partial charge is 0.347 e. The third kappa shape index (κ3) is 5.17. The molecule has 200 valence electrons. The number of hydrogen-bond donors (Lipinski definition) is 1. The minimum atomic E-state index is -5.53. The Balaban J connectivity index is 1.48. The highest BCUT2D eigenvalue weighted by molar-refractivity contribution is 7.90. The highest BCUT2D eigenvalue weighted by Crippen LogP contribution is 2.31.